The van der Waals surface area contributed by atoms with Crippen molar-refractivity contribution in [1.82, 2.24) is 19.7 Å². The number of carboxylic acids is 1. The number of nitrogens with zero attached hydrogens (tertiary/aromatic N) is 3. The predicted molar refractivity (Wildman–Crippen MR) is 76.3 cm³/mol. The quantitative estimate of drug-likeness (QED) is 0.696. The van der Waals surface area contributed by atoms with E-state index in [1.807, 2.05) is 0 Å². The first-order valence-electron chi connectivity index (χ1n) is 7.75. The fourth-order valence-electron chi connectivity index (χ4n) is 2.92. The topological polar surface area (TPSA) is 106 Å². The molecule has 2 N–H and O–H groups in total. The van der Waals surface area contributed by atoms with Gasteiger partial charge in [0.2, 0.25) is 5.91 Å². The van der Waals surface area contributed by atoms with Gasteiger partial charge in [0.05, 0.1) is 11.8 Å². The third-order valence-corrected chi connectivity index (χ3v) is 4.32. The second-order valence-electron chi connectivity index (χ2n) is 5.96. The Morgan fingerprint density at radius 3 is 2.82 bits per heavy atom. The van der Waals surface area contributed by atoms with Gasteiger partial charge >= 0.3 is 11.7 Å². The highest BCUT2D eigenvalue weighted by atomic mass is 16.4. The van der Waals surface area contributed by atoms with E-state index < -0.39 is 11.9 Å². The van der Waals surface area contributed by atoms with Crippen LogP contribution >= 0.6 is 0 Å². The summed E-state index contributed by atoms with van der Waals surface area (Å²) in [4.78, 5) is 34.5. The van der Waals surface area contributed by atoms with E-state index in [0.717, 1.165) is 31.6 Å². The summed E-state index contributed by atoms with van der Waals surface area (Å²) in [5, 5.41) is 15.8. The average Bonchev–Trinajstić information content (AvgIpc) is 3.25. The minimum absolute atomic E-state index is 0.0749. The molecule has 1 aromatic heterocycles. The monoisotopic (exact) mass is 308 g/mol. The molecule has 2 heterocycles. The van der Waals surface area contributed by atoms with Crippen molar-refractivity contribution < 1.29 is 14.7 Å². The van der Waals surface area contributed by atoms with Crippen LogP contribution in [0.2, 0.25) is 0 Å². The largest absolute Gasteiger partial charge is 0.481 e. The highest BCUT2D eigenvalue weighted by Crippen LogP contribution is 2.38. The molecular weight excluding hydrogens is 288 g/mol. The summed E-state index contributed by atoms with van der Waals surface area (Å²) in [7, 11) is 0. The number of aromatic nitrogens is 3. The zero-order chi connectivity index (χ0) is 15.7. The van der Waals surface area contributed by atoms with Gasteiger partial charge in [-0.2, -0.15) is 5.10 Å². The Morgan fingerprint density at radius 2 is 2.14 bits per heavy atom. The minimum Gasteiger partial charge on any atom is -0.481 e. The molecule has 1 aromatic rings. The second-order valence-corrected chi connectivity index (χ2v) is 5.96. The van der Waals surface area contributed by atoms with E-state index in [0.29, 0.717) is 25.9 Å². The number of amides is 1. The number of fused-ring (bicyclic) bond motifs is 1. The fraction of sp³-hybridized carbons (Fsp3) is 0.714. The molecule has 8 heteroatoms. The lowest BCUT2D eigenvalue weighted by Gasteiger charge is -2.09. The first-order chi connectivity index (χ1) is 10.6. The van der Waals surface area contributed by atoms with E-state index in [-0.39, 0.29) is 17.5 Å². The molecule has 0 radical (unpaired) electrons. The van der Waals surface area contributed by atoms with Gasteiger partial charge in [0.15, 0.2) is 0 Å². The number of hydrogen-bond acceptors (Lipinski definition) is 4. The van der Waals surface area contributed by atoms with Crippen LogP contribution in [-0.2, 0) is 29.1 Å². The van der Waals surface area contributed by atoms with Gasteiger partial charge in [0.25, 0.3) is 0 Å². The van der Waals surface area contributed by atoms with Crippen LogP contribution in [0.15, 0.2) is 4.79 Å². The van der Waals surface area contributed by atoms with Gasteiger partial charge in [0.1, 0.15) is 5.82 Å². The molecule has 3 rings (SSSR count). The van der Waals surface area contributed by atoms with Crippen molar-refractivity contribution in [3.8, 4) is 0 Å². The lowest BCUT2D eigenvalue weighted by Crippen LogP contribution is -2.30. The lowest BCUT2D eigenvalue weighted by molar-refractivity contribution is -0.140. The third kappa shape index (κ3) is 2.90. The van der Waals surface area contributed by atoms with Crippen molar-refractivity contribution in [3.63, 3.8) is 0 Å². The van der Waals surface area contributed by atoms with E-state index in [1.165, 1.54) is 4.68 Å². The number of aryl methyl sites for hydroxylation is 2. The number of carbonyl (C=O) groups excluding carboxylic acids is 1. The molecule has 2 unspecified atom stereocenters. The lowest BCUT2D eigenvalue weighted by atomic mass is 10.2. The SMILES string of the molecule is O=C(O)C1CC1C(=O)NCCCn1nc2n(c1=O)CCCC2. The van der Waals surface area contributed by atoms with Gasteiger partial charge in [-0.25, -0.2) is 9.48 Å². The van der Waals surface area contributed by atoms with Crippen LogP contribution in [0.25, 0.3) is 0 Å². The summed E-state index contributed by atoms with van der Waals surface area (Å²) in [6, 6.07) is 0. The molecular formula is C14H20N4O4. The maximum absolute atomic E-state index is 12.1. The fourth-order valence-corrected chi connectivity index (χ4v) is 2.92. The summed E-state index contributed by atoms with van der Waals surface area (Å²) < 4.78 is 3.19. The number of hydrogen-bond donors (Lipinski definition) is 2. The molecule has 1 fully saturated rings. The minimum atomic E-state index is -0.907. The molecule has 0 aromatic carbocycles. The Morgan fingerprint density at radius 1 is 1.32 bits per heavy atom. The molecule has 1 saturated carbocycles. The Labute approximate surface area is 127 Å². The van der Waals surface area contributed by atoms with Crippen molar-refractivity contribution in [3.05, 3.63) is 16.3 Å². The number of nitrogens with one attached hydrogen (secondary N) is 1. The molecule has 0 spiro atoms. The molecule has 120 valence electrons. The van der Waals surface area contributed by atoms with E-state index in [2.05, 4.69) is 10.4 Å². The summed E-state index contributed by atoms with van der Waals surface area (Å²) in [6.07, 6.45) is 3.96. The molecule has 0 bridgehead atoms. The summed E-state index contributed by atoms with van der Waals surface area (Å²) in [6.45, 7) is 1.63. The van der Waals surface area contributed by atoms with Crippen molar-refractivity contribution >= 4 is 11.9 Å². The zero-order valence-corrected chi connectivity index (χ0v) is 12.3. The molecule has 1 aliphatic heterocycles. The van der Waals surface area contributed by atoms with E-state index >= 15 is 0 Å². The van der Waals surface area contributed by atoms with Gasteiger partial charge in [-0.05, 0) is 25.7 Å². The Balaban J connectivity index is 1.44. The molecule has 22 heavy (non-hydrogen) atoms. The zero-order valence-electron chi connectivity index (χ0n) is 12.3. The van der Waals surface area contributed by atoms with Gasteiger partial charge in [-0.3, -0.25) is 14.2 Å². The molecule has 1 amide bonds. The van der Waals surface area contributed by atoms with Crippen LogP contribution in [0.5, 0.6) is 0 Å². The third-order valence-electron chi connectivity index (χ3n) is 4.32. The van der Waals surface area contributed by atoms with Gasteiger partial charge in [-0.15, -0.1) is 0 Å². The highest BCUT2D eigenvalue weighted by Gasteiger charge is 2.48. The number of aliphatic carboxylic acids is 1. The molecule has 2 atom stereocenters. The van der Waals surface area contributed by atoms with Crippen molar-refractivity contribution in [1.29, 1.82) is 0 Å². The molecule has 1 aliphatic carbocycles. The van der Waals surface area contributed by atoms with Gasteiger partial charge < -0.3 is 10.4 Å². The average molecular weight is 308 g/mol. The number of carboxylic acid groups (broad SMARTS) is 1. The normalized spacial score (nSPS) is 22.9. The first-order valence-corrected chi connectivity index (χ1v) is 7.75. The predicted octanol–water partition coefficient (Wildman–Crippen LogP) is -0.392. The maximum Gasteiger partial charge on any atom is 0.345 e. The van der Waals surface area contributed by atoms with E-state index in [1.54, 1.807) is 4.57 Å². The van der Waals surface area contributed by atoms with Crippen molar-refractivity contribution in [2.24, 2.45) is 11.8 Å². The van der Waals surface area contributed by atoms with Crippen LogP contribution in [-0.4, -0.2) is 37.9 Å². The van der Waals surface area contributed by atoms with Crippen LogP contribution in [0, 0.1) is 11.8 Å². The van der Waals surface area contributed by atoms with Crippen LogP contribution in [0.3, 0.4) is 0 Å². The van der Waals surface area contributed by atoms with E-state index in [4.69, 9.17) is 5.11 Å². The maximum atomic E-state index is 12.1. The smallest absolute Gasteiger partial charge is 0.345 e. The van der Waals surface area contributed by atoms with Crippen LogP contribution in [0.4, 0.5) is 0 Å². The van der Waals surface area contributed by atoms with Crippen LogP contribution in [0.1, 0.15) is 31.5 Å². The number of carbonyl (C=O) groups is 2. The summed E-state index contributed by atoms with van der Waals surface area (Å²) >= 11 is 0. The summed E-state index contributed by atoms with van der Waals surface area (Å²) in [5.41, 5.74) is -0.0749. The second kappa shape index (κ2) is 5.94. The first kappa shape index (κ1) is 14.8. The van der Waals surface area contributed by atoms with Crippen LogP contribution < -0.4 is 11.0 Å². The Bertz CT molecular complexity index is 648. The standard InChI is InChI=1S/C14H20N4O4/c19-12(9-8-10(9)13(20)21)15-5-3-7-18-14(22)17-6-2-1-4-11(17)16-18/h9-10H,1-8H2,(H,15,19)(H,20,21). The van der Waals surface area contributed by atoms with E-state index in [9.17, 15) is 14.4 Å². The van der Waals surface area contributed by atoms with Gasteiger partial charge in [-0.1, -0.05) is 0 Å². The Kier molecular flexibility index (Phi) is 4.00. The molecule has 0 saturated heterocycles. The highest BCUT2D eigenvalue weighted by molar-refractivity contribution is 5.89. The molecule has 2 aliphatic rings. The number of rotatable bonds is 6. The van der Waals surface area contributed by atoms with Crippen molar-refractivity contribution in [2.45, 2.75) is 45.2 Å². The molecule has 8 nitrogen and oxygen atoms in total. The van der Waals surface area contributed by atoms with Gasteiger partial charge in [0, 0.05) is 26.1 Å². The van der Waals surface area contributed by atoms with Crippen molar-refractivity contribution in [2.75, 3.05) is 6.54 Å². The Hall–Kier alpha value is -2.12. The summed E-state index contributed by atoms with van der Waals surface area (Å²) in [5.74, 6) is -1.18.